The minimum Gasteiger partial charge on any atom is -0.354 e. The predicted molar refractivity (Wildman–Crippen MR) is 117 cm³/mol. The van der Waals surface area contributed by atoms with Crippen LogP contribution in [0.2, 0.25) is 0 Å². The number of nitrogens with one attached hydrogen (secondary N) is 3. The SMILES string of the molecule is O=C(CNC1CCCc2ccccc21)NC1CCCN(c2ncnc3[nH]ccc23)C1. The minimum atomic E-state index is 0.0689. The molecule has 3 aromatic rings. The highest BCUT2D eigenvalue weighted by molar-refractivity contribution is 5.87. The summed E-state index contributed by atoms with van der Waals surface area (Å²) in [4.78, 5) is 26.8. The van der Waals surface area contributed by atoms with Crippen LogP contribution in [-0.4, -0.2) is 46.5 Å². The lowest BCUT2D eigenvalue weighted by molar-refractivity contribution is -0.121. The number of carbonyl (C=O) groups is 1. The van der Waals surface area contributed by atoms with E-state index in [4.69, 9.17) is 0 Å². The van der Waals surface area contributed by atoms with Gasteiger partial charge < -0.3 is 20.5 Å². The highest BCUT2D eigenvalue weighted by Crippen LogP contribution is 2.29. The van der Waals surface area contributed by atoms with Crippen LogP contribution < -0.4 is 15.5 Å². The van der Waals surface area contributed by atoms with E-state index in [9.17, 15) is 4.79 Å². The summed E-state index contributed by atoms with van der Waals surface area (Å²) < 4.78 is 0. The molecular weight excluding hydrogens is 376 g/mol. The van der Waals surface area contributed by atoms with Gasteiger partial charge in [0.2, 0.25) is 5.91 Å². The fraction of sp³-hybridized carbons (Fsp3) is 0.435. The molecule has 0 spiro atoms. The molecule has 2 aromatic heterocycles. The number of amides is 1. The Morgan fingerprint density at radius 3 is 3.07 bits per heavy atom. The molecule has 3 heterocycles. The van der Waals surface area contributed by atoms with Crippen molar-refractivity contribution in [2.24, 2.45) is 0 Å². The number of carbonyl (C=O) groups excluding carboxylic acids is 1. The van der Waals surface area contributed by atoms with Gasteiger partial charge in [-0.05, 0) is 49.3 Å². The van der Waals surface area contributed by atoms with Crippen LogP contribution in [0, 0.1) is 0 Å². The van der Waals surface area contributed by atoms with Crippen molar-refractivity contribution in [2.45, 2.75) is 44.2 Å². The lowest BCUT2D eigenvalue weighted by Gasteiger charge is -2.34. The molecule has 1 aromatic carbocycles. The number of aromatic amines is 1. The number of H-pyrrole nitrogens is 1. The molecule has 7 nitrogen and oxygen atoms in total. The van der Waals surface area contributed by atoms with Gasteiger partial charge in [-0.2, -0.15) is 0 Å². The fourth-order valence-corrected chi connectivity index (χ4v) is 4.86. The average Bonchev–Trinajstić information content (AvgIpc) is 3.27. The van der Waals surface area contributed by atoms with Crippen molar-refractivity contribution in [3.8, 4) is 0 Å². The highest BCUT2D eigenvalue weighted by Gasteiger charge is 2.25. The Balaban J connectivity index is 1.18. The van der Waals surface area contributed by atoms with Gasteiger partial charge in [0.05, 0.1) is 11.9 Å². The summed E-state index contributed by atoms with van der Waals surface area (Å²) >= 11 is 0. The lowest BCUT2D eigenvalue weighted by atomic mass is 9.88. The van der Waals surface area contributed by atoms with E-state index in [0.717, 1.165) is 55.6 Å². The standard InChI is InChI=1S/C23H28N6O/c30-21(13-25-20-9-3-6-16-5-1-2-8-18(16)20)28-17-7-4-12-29(14-17)23-19-10-11-24-22(19)26-15-27-23/h1-2,5,8,10-11,15,17,20,25H,3-4,6-7,9,12-14H2,(H,28,30)(H,24,26,27). The molecule has 0 bridgehead atoms. The topological polar surface area (TPSA) is 85.9 Å². The fourth-order valence-electron chi connectivity index (χ4n) is 4.86. The third kappa shape index (κ3) is 3.89. The minimum absolute atomic E-state index is 0.0689. The number of hydrogen-bond acceptors (Lipinski definition) is 5. The van der Waals surface area contributed by atoms with Gasteiger partial charge >= 0.3 is 0 Å². The molecule has 1 saturated heterocycles. The summed E-state index contributed by atoms with van der Waals surface area (Å²) in [7, 11) is 0. The molecule has 1 aliphatic carbocycles. The summed E-state index contributed by atoms with van der Waals surface area (Å²) in [6.07, 6.45) is 8.90. The van der Waals surface area contributed by atoms with Crippen LogP contribution in [0.1, 0.15) is 42.9 Å². The van der Waals surface area contributed by atoms with Crippen molar-refractivity contribution in [3.63, 3.8) is 0 Å². The molecule has 1 fully saturated rings. The number of piperidine rings is 1. The Kier molecular flexibility index (Phi) is 5.36. The number of benzene rings is 1. The highest BCUT2D eigenvalue weighted by atomic mass is 16.2. The first kappa shape index (κ1) is 19.1. The van der Waals surface area contributed by atoms with Crippen LogP contribution in [0.4, 0.5) is 5.82 Å². The van der Waals surface area contributed by atoms with E-state index in [2.05, 4.69) is 54.8 Å². The van der Waals surface area contributed by atoms with Crippen molar-refractivity contribution < 1.29 is 4.79 Å². The van der Waals surface area contributed by atoms with Crippen LogP contribution in [0.3, 0.4) is 0 Å². The van der Waals surface area contributed by atoms with Crippen molar-refractivity contribution in [1.82, 2.24) is 25.6 Å². The molecule has 2 aliphatic rings. The molecule has 2 unspecified atom stereocenters. The van der Waals surface area contributed by atoms with Gasteiger partial charge in [-0.1, -0.05) is 24.3 Å². The van der Waals surface area contributed by atoms with Crippen LogP contribution in [0.5, 0.6) is 0 Å². The number of rotatable bonds is 5. The third-order valence-corrected chi connectivity index (χ3v) is 6.30. The Hall–Kier alpha value is -2.93. The number of fused-ring (bicyclic) bond motifs is 2. The normalized spacial score (nSPS) is 21.4. The van der Waals surface area contributed by atoms with Crippen LogP contribution in [0.25, 0.3) is 11.0 Å². The van der Waals surface area contributed by atoms with Gasteiger partial charge in [0.15, 0.2) is 0 Å². The number of nitrogens with zero attached hydrogens (tertiary/aromatic N) is 3. The first-order valence-electron chi connectivity index (χ1n) is 10.9. The van der Waals surface area contributed by atoms with Crippen LogP contribution in [0.15, 0.2) is 42.9 Å². The molecule has 156 valence electrons. The summed E-state index contributed by atoms with van der Waals surface area (Å²) in [6, 6.07) is 11.0. The zero-order valence-corrected chi connectivity index (χ0v) is 17.1. The third-order valence-electron chi connectivity index (χ3n) is 6.30. The second kappa shape index (κ2) is 8.44. The molecule has 0 saturated carbocycles. The molecule has 30 heavy (non-hydrogen) atoms. The number of anilines is 1. The lowest BCUT2D eigenvalue weighted by Crippen LogP contribution is -2.50. The molecule has 5 rings (SSSR count). The predicted octanol–water partition coefficient (Wildman–Crippen LogP) is 2.71. The van der Waals surface area contributed by atoms with Crippen molar-refractivity contribution in [1.29, 1.82) is 0 Å². The summed E-state index contributed by atoms with van der Waals surface area (Å²) in [5.74, 6) is 1.01. The monoisotopic (exact) mass is 404 g/mol. The van der Waals surface area contributed by atoms with Gasteiger partial charge in [0.25, 0.3) is 0 Å². The van der Waals surface area contributed by atoms with Crippen molar-refractivity contribution in [3.05, 3.63) is 54.0 Å². The quantitative estimate of drug-likeness (QED) is 0.609. The average molecular weight is 405 g/mol. The van der Waals surface area contributed by atoms with Crippen molar-refractivity contribution in [2.75, 3.05) is 24.5 Å². The maximum absolute atomic E-state index is 12.7. The maximum Gasteiger partial charge on any atom is 0.234 e. The number of hydrogen-bond donors (Lipinski definition) is 3. The number of aromatic nitrogens is 3. The molecule has 1 amide bonds. The van der Waals surface area contributed by atoms with E-state index < -0.39 is 0 Å². The first-order valence-corrected chi connectivity index (χ1v) is 10.9. The molecule has 1 aliphatic heterocycles. The van der Waals surface area contributed by atoms with E-state index in [1.165, 1.54) is 17.5 Å². The van der Waals surface area contributed by atoms with Crippen molar-refractivity contribution >= 4 is 22.8 Å². The summed E-state index contributed by atoms with van der Waals surface area (Å²) in [5, 5.41) is 7.74. The second-order valence-electron chi connectivity index (χ2n) is 8.31. The van der Waals surface area contributed by atoms with Gasteiger partial charge in [-0.25, -0.2) is 9.97 Å². The van der Waals surface area contributed by atoms with E-state index >= 15 is 0 Å². The Bertz CT molecular complexity index is 1030. The first-order chi connectivity index (χ1) is 14.8. The molecule has 0 radical (unpaired) electrons. The largest absolute Gasteiger partial charge is 0.354 e. The number of aryl methyl sites for hydroxylation is 1. The molecule has 3 N–H and O–H groups in total. The molecule has 2 atom stereocenters. The van der Waals surface area contributed by atoms with E-state index in [-0.39, 0.29) is 18.0 Å². The van der Waals surface area contributed by atoms with E-state index in [1.807, 2.05) is 12.3 Å². The second-order valence-corrected chi connectivity index (χ2v) is 8.31. The zero-order valence-electron chi connectivity index (χ0n) is 17.1. The molecular formula is C23H28N6O. The summed E-state index contributed by atoms with van der Waals surface area (Å²) in [5.41, 5.74) is 3.60. The van der Waals surface area contributed by atoms with Gasteiger partial charge in [-0.15, -0.1) is 0 Å². The van der Waals surface area contributed by atoms with Crippen LogP contribution in [-0.2, 0) is 11.2 Å². The van der Waals surface area contributed by atoms with E-state index in [1.54, 1.807) is 6.33 Å². The van der Waals surface area contributed by atoms with Gasteiger partial charge in [0, 0.05) is 31.4 Å². The van der Waals surface area contributed by atoms with E-state index in [0.29, 0.717) is 6.54 Å². The smallest absolute Gasteiger partial charge is 0.234 e. The summed E-state index contributed by atoms with van der Waals surface area (Å²) in [6.45, 7) is 2.07. The van der Waals surface area contributed by atoms with Gasteiger partial charge in [0.1, 0.15) is 17.8 Å². The molecule has 7 heteroatoms. The Morgan fingerprint density at radius 1 is 1.17 bits per heavy atom. The Morgan fingerprint density at radius 2 is 2.10 bits per heavy atom. The zero-order chi connectivity index (χ0) is 20.3. The van der Waals surface area contributed by atoms with Gasteiger partial charge in [-0.3, -0.25) is 4.79 Å². The Labute approximate surface area is 176 Å². The van der Waals surface area contributed by atoms with Crippen LogP contribution >= 0.6 is 0 Å². The maximum atomic E-state index is 12.7.